The highest BCUT2D eigenvalue weighted by molar-refractivity contribution is 5.76. The number of para-hydroxylation sites is 1. The topological polar surface area (TPSA) is 64.3 Å². The van der Waals surface area contributed by atoms with Crippen LogP contribution in [-0.4, -0.2) is 25.1 Å². The van der Waals surface area contributed by atoms with Gasteiger partial charge in [-0.25, -0.2) is 0 Å². The lowest BCUT2D eigenvalue weighted by molar-refractivity contribution is -0.121. The van der Waals surface area contributed by atoms with Crippen LogP contribution >= 0.6 is 0 Å². The molecule has 4 heteroatoms. The number of carbonyl (C=O) groups is 1. The van der Waals surface area contributed by atoms with Crippen LogP contribution < -0.4 is 15.8 Å². The summed E-state index contributed by atoms with van der Waals surface area (Å²) in [5.41, 5.74) is 6.67. The fourth-order valence-corrected chi connectivity index (χ4v) is 1.71. The maximum atomic E-state index is 11.4. The Bertz CT molecular complexity index is 378. The molecule has 1 aromatic carbocycles. The summed E-state index contributed by atoms with van der Waals surface area (Å²) in [6.07, 6.45) is 1.13. The fourth-order valence-electron chi connectivity index (χ4n) is 1.71. The number of nitrogens with two attached hydrogens (primary N) is 1. The summed E-state index contributed by atoms with van der Waals surface area (Å²) in [7, 11) is 0. The molecule has 0 aromatic heterocycles. The lowest BCUT2D eigenvalue weighted by atomic mass is 10.1. The Hall–Kier alpha value is -1.55. The zero-order chi connectivity index (χ0) is 13.4. The van der Waals surface area contributed by atoms with Gasteiger partial charge in [-0.3, -0.25) is 4.79 Å². The third-order valence-electron chi connectivity index (χ3n) is 2.50. The van der Waals surface area contributed by atoms with Gasteiger partial charge in [-0.2, -0.15) is 0 Å². The molecule has 0 aliphatic carbocycles. The van der Waals surface area contributed by atoms with Crippen molar-refractivity contribution < 1.29 is 9.53 Å². The van der Waals surface area contributed by atoms with Crippen molar-refractivity contribution in [3.05, 3.63) is 29.8 Å². The van der Waals surface area contributed by atoms with Gasteiger partial charge in [0.05, 0.1) is 6.61 Å². The van der Waals surface area contributed by atoms with Crippen molar-refractivity contribution >= 4 is 5.91 Å². The minimum Gasteiger partial charge on any atom is -0.494 e. The molecule has 1 rings (SSSR count). The summed E-state index contributed by atoms with van der Waals surface area (Å²) in [6.45, 7) is 5.04. The minimum atomic E-state index is -0.0966. The fraction of sp³-hybridized carbons (Fsp3) is 0.500. The summed E-state index contributed by atoms with van der Waals surface area (Å²) in [4.78, 5) is 11.4. The Labute approximate surface area is 109 Å². The van der Waals surface area contributed by atoms with Crippen LogP contribution in [-0.2, 0) is 11.2 Å². The first-order chi connectivity index (χ1) is 8.63. The maximum absolute atomic E-state index is 11.4. The lowest BCUT2D eigenvalue weighted by Gasteiger charge is -2.11. The molecule has 0 aliphatic heterocycles. The van der Waals surface area contributed by atoms with Gasteiger partial charge in [0.25, 0.3) is 0 Å². The van der Waals surface area contributed by atoms with Crippen LogP contribution in [0.4, 0.5) is 0 Å². The van der Waals surface area contributed by atoms with Crippen LogP contribution in [0.25, 0.3) is 0 Å². The predicted molar refractivity (Wildman–Crippen MR) is 72.6 cm³/mol. The SMILES string of the molecule is CCOc1ccccc1CCNC(=O)CC(C)N. The minimum absolute atomic E-state index is 0.00103. The number of rotatable bonds is 7. The molecule has 4 nitrogen and oxygen atoms in total. The van der Waals surface area contributed by atoms with E-state index in [0.29, 0.717) is 19.6 Å². The second-order valence-electron chi connectivity index (χ2n) is 4.32. The van der Waals surface area contributed by atoms with Crippen molar-refractivity contribution in [1.29, 1.82) is 0 Å². The molecule has 0 spiro atoms. The number of carbonyl (C=O) groups excluding carboxylic acids is 1. The molecule has 0 bridgehead atoms. The molecule has 100 valence electrons. The number of benzene rings is 1. The van der Waals surface area contributed by atoms with Crippen molar-refractivity contribution in [1.82, 2.24) is 5.32 Å². The van der Waals surface area contributed by atoms with E-state index in [1.54, 1.807) is 0 Å². The molecular formula is C14H22N2O2. The van der Waals surface area contributed by atoms with Gasteiger partial charge in [0.15, 0.2) is 0 Å². The molecule has 18 heavy (non-hydrogen) atoms. The molecule has 0 heterocycles. The Kier molecular flexibility index (Phi) is 6.22. The zero-order valence-electron chi connectivity index (χ0n) is 11.1. The summed E-state index contributed by atoms with van der Waals surface area (Å²) in [5.74, 6) is 0.889. The highest BCUT2D eigenvalue weighted by atomic mass is 16.5. The zero-order valence-corrected chi connectivity index (χ0v) is 11.1. The average molecular weight is 250 g/mol. The van der Waals surface area contributed by atoms with E-state index in [1.807, 2.05) is 38.1 Å². The highest BCUT2D eigenvalue weighted by Crippen LogP contribution is 2.17. The Morgan fingerprint density at radius 3 is 2.83 bits per heavy atom. The van der Waals surface area contributed by atoms with Gasteiger partial charge in [0.1, 0.15) is 5.75 Å². The van der Waals surface area contributed by atoms with Gasteiger partial charge in [-0.05, 0) is 31.9 Å². The quantitative estimate of drug-likeness (QED) is 0.770. The van der Waals surface area contributed by atoms with E-state index in [4.69, 9.17) is 10.5 Å². The molecular weight excluding hydrogens is 228 g/mol. The van der Waals surface area contributed by atoms with Crippen molar-refractivity contribution in [2.24, 2.45) is 5.73 Å². The van der Waals surface area contributed by atoms with E-state index in [-0.39, 0.29) is 11.9 Å². The Morgan fingerprint density at radius 1 is 1.44 bits per heavy atom. The number of hydrogen-bond donors (Lipinski definition) is 2. The molecule has 0 radical (unpaired) electrons. The normalized spacial score (nSPS) is 11.9. The molecule has 0 fully saturated rings. The Morgan fingerprint density at radius 2 is 2.17 bits per heavy atom. The molecule has 1 unspecified atom stereocenters. The molecule has 1 aromatic rings. The average Bonchev–Trinajstić information content (AvgIpc) is 2.30. The number of hydrogen-bond acceptors (Lipinski definition) is 3. The standard InChI is InChI=1S/C14H22N2O2/c1-3-18-13-7-5-4-6-12(13)8-9-16-14(17)10-11(2)15/h4-7,11H,3,8-10,15H2,1-2H3,(H,16,17). The summed E-state index contributed by atoms with van der Waals surface area (Å²) in [6, 6.07) is 7.79. The van der Waals surface area contributed by atoms with Gasteiger partial charge in [0, 0.05) is 19.0 Å². The molecule has 0 aliphatic rings. The summed E-state index contributed by atoms with van der Waals surface area (Å²) in [5, 5.41) is 2.86. The van der Waals surface area contributed by atoms with E-state index in [1.165, 1.54) is 0 Å². The number of nitrogens with one attached hydrogen (secondary N) is 1. The van der Waals surface area contributed by atoms with Crippen LogP contribution in [0.2, 0.25) is 0 Å². The maximum Gasteiger partial charge on any atom is 0.221 e. The van der Waals surface area contributed by atoms with Gasteiger partial charge in [0.2, 0.25) is 5.91 Å². The van der Waals surface area contributed by atoms with Crippen molar-refractivity contribution in [2.75, 3.05) is 13.2 Å². The molecule has 0 saturated carbocycles. The van der Waals surface area contributed by atoms with Gasteiger partial charge < -0.3 is 15.8 Å². The first kappa shape index (κ1) is 14.5. The molecule has 1 atom stereocenters. The van der Waals surface area contributed by atoms with Gasteiger partial charge in [-0.15, -0.1) is 0 Å². The first-order valence-corrected chi connectivity index (χ1v) is 6.36. The highest BCUT2D eigenvalue weighted by Gasteiger charge is 2.06. The molecule has 0 saturated heterocycles. The molecule has 1 amide bonds. The van der Waals surface area contributed by atoms with Gasteiger partial charge >= 0.3 is 0 Å². The van der Waals surface area contributed by atoms with Crippen LogP contribution in [0.15, 0.2) is 24.3 Å². The van der Waals surface area contributed by atoms with E-state index in [9.17, 15) is 4.79 Å². The van der Waals surface area contributed by atoms with Crippen LogP contribution in [0, 0.1) is 0 Å². The van der Waals surface area contributed by atoms with E-state index < -0.39 is 0 Å². The van der Waals surface area contributed by atoms with Crippen LogP contribution in [0.1, 0.15) is 25.8 Å². The van der Waals surface area contributed by atoms with E-state index in [2.05, 4.69) is 5.32 Å². The first-order valence-electron chi connectivity index (χ1n) is 6.36. The second-order valence-corrected chi connectivity index (χ2v) is 4.32. The Balaban J connectivity index is 2.41. The smallest absolute Gasteiger partial charge is 0.221 e. The van der Waals surface area contributed by atoms with Crippen LogP contribution in [0.5, 0.6) is 5.75 Å². The number of ether oxygens (including phenoxy) is 1. The largest absolute Gasteiger partial charge is 0.494 e. The predicted octanol–water partition coefficient (Wildman–Crippen LogP) is 1.48. The number of amides is 1. The van der Waals surface area contributed by atoms with Crippen LogP contribution in [0.3, 0.4) is 0 Å². The monoisotopic (exact) mass is 250 g/mol. The van der Waals surface area contributed by atoms with Crippen molar-refractivity contribution in [3.63, 3.8) is 0 Å². The van der Waals surface area contributed by atoms with Gasteiger partial charge in [-0.1, -0.05) is 18.2 Å². The summed E-state index contributed by atoms with van der Waals surface area (Å²) >= 11 is 0. The third kappa shape index (κ3) is 5.19. The van der Waals surface area contributed by atoms with E-state index >= 15 is 0 Å². The lowest BCUT2D eigenvalue weighted by Crippen LogP contribution is -2.31. The summed E-state index contributed by atoms with van der Waals surface area (Å²) < 4.78 is 5.53. The third-order valence-corrected chi connectivity index (χ3v) is 2.50. The van der Waals surface area contributed by atoms with Crippen molar-refractivity contribution in [3.8, 4) is 5.75 Å². The van der Waals surface area contributed by atoms with Crippen molar-refractivity contribution in [2.45, 2.75) is 32.7 Å². The second kappa shape index (κ2) is 7.71. The van der Waals surface area contributed by atoms with E-state index in [0.717, 1.165) is 17.7 Å². The molecule has 3 N–H and O–H groups in total.